The monoisotopic (exact) mass is 419 g/mol. The van der Waals surface area contributed by atoms with Crippen molar-refractivity contribution < 1.29 is 36.1 Å². The van der Waals surface area contributed by atoms with E-state index in [-0.39, 0.29) is 13.0 Å². The van der Waals surface area contributed by atoms with Gasteiger partial charge < -0.3 is 29.9 Å². The van der Waals surface area contributed by atoms with E-state index < -0.39 is 36.7 Å². The molecule has 0 saturated carbocycles. The van der Waals surface area contributed by atoms with E-state index in [1.807, 2.05) is 0 Å². The Morgan fingerprint density at radius 2 is 1.31 bits per heavy atom. The van der Waals surface area contributed by atoms with E-state index in [9.17, 15) is 25.2 Å². The molecule has 172 valence electrons. The summed E-state index contributed by atoms with van der Waals surface area (Å²) in [7, 11) is 0. The third-order valence-corrected chi connectivity index (χ3v) is 5.48. The molecule has 1 rings (SSSR count). The number of carbonyl (C=O) groups excluding carboxylic acids is 1. The van der Waals surface area contributed by atoms with Crippen molar-refractivity contribution in [3.05, 3.63) is 0 Å². The third kappa shape index (κ3) is 11.3. The molecule has 0 aromatic rings. The average molecular weight is 420 g/mol. The fourth-order valence-electron chi connectivity index (χ4n) is 3.53. The van der Waals surface area contributed by atoms with Crippen molar-refractivity contribution in [3.63, 3.8) is 0 Å². The Bertz CT molecular complexity index is 438. The van der Waals surface area contributed by atoms with E-state index in [1.165, 1.54) is 57.8 Å². The van der Waals surface area contributed by atoms with Crippen molar-refractivity contribution in [3.8, 4) is 0 Å². The van der Waals surface area contributed by atoms with Crippen LogP contribution in [0, 0.1) is 0 Å². The van der Waals surface area contributed by atoms with Crippen molar-refractivity contribution in [2.45, 2.75) is 127 Å². The molecule has 29 heavy (non-hydrogen) atoms. The molecule has 1 heterocycles. The molecule has 0 amide bonds. The second-order valence-corrected chi connectivity index (χ2v) is 8.07. The molecule has 7 nitrogen and oxygen atoms in total. The summed E-state index contributed by atoms with van der Waals surface area (Å²) in [6.07, 6.45) is 8.24. The Kier molecular flexibility index (Phi) is 13.6. The standard InChI is InChI=1S/C22H42O7/c1-2-3-4-5-6-7-8-9-10-11-12-13-14-15-18(23)28-16-17-19(24)20(25)21(26)22(27)29-17/h17,19-22,24-27H,2-16H2,1H3/t17-,19-,20+,21-,22?/m1/s1/i1D. The number of hydrogen-bond acceptors (Lipinski definition) is 7. The van der Waals surface area contributed by atoms with Gasteiger partial charge in [-0.2, -0.15) is 0 Å². The van der Waals surface area contributed by atoms with E-state index in [4.69, 9.17) is 10.8 Å². The minimum Gasteiger partial charge on any atom is -0.463 e. The zero-order valence-electron chi connectivity index (χ0n) is 18.7. The maximum absolute atomic E-state index is 11.8. The van der Waals surface area contributed by atoms with Crippen LogP contribution in [0.25, 0.3) is 0 Å². The molecule has 1 aliphatic heterocycles. The average Bonchev–Trinajstić information content (AvgIpc) is 2.74. The Morgan fingerprint density at radius 1 is 0.793 bits per heavy atom. The smallest absolute Gasteiger partial charge is 0.305 e. The predicted octanol–water partition coefficient (Wildman–Crippen LogP) is 2.81. The number of unbranched alkanes of at least 4 members (excludes halogenated alkanes) is 12. The van der Waals surface area contributed by atoms with Gasteiger partial charge >= 0.3 is 5.97 Å². The van der Waals surface area contributed by atoms with Gasteiger partial charge in [-0.1, -0.05) is 83.9 Å². The molecule has 0 spiro atoms. The Morgan fingerprint density at radius 3 is 1.86 bits per heavy atom. The molecule has 0 aromatic carbocycles. The molecule has 7 heteroatoms. The molecule has 4 N–H and O–H groups in total. The van der Waals surface area contributed by atoms with E-state index in [1.54, 1.807) is 0 Å². The number of carbonyl (C=O) groups is 1. The van der Waals surface area contributed by atoms with Gasteiger partial charge in [-0.3, -0.25) is 4.79 Å². The number of rotatable bonds is 16. The van der Waals surface area contributed by atoms with Gasteiger partial charge in [0.1, 0.15) is 31.0 Å². The van der Waals surface area contributed by atoms with Gasteiger partial charge in [-0.25, -0.2) is 0 Å². The lowest BCUT2D eigenvalue weighted by Crippen LogP contribution is -2.58. The van der Waals surface area contributed by atoms with Crippen molar-refractivity contribution in [2.24, 2.45) is 0 Å². The van der Waals surface area contributed by atoms with Gasteiger partial charge in [0.2, 0.25) is 0 Å². The summed E-state index contributed by atoms with van der Waals surface area (Å²) in [5, 5.41) is 38.3. The Balaban J connectivity index is 1.91. The summed E-state index contributed by atoms with van der Waals surface area (Å²) in [6.45, 7) is 0.285. The maximum Gasteiger partial charge on any atom is 0.305 e. The normalized spacial score (nSPS) is 27.6. The van der Waals surface area contributed by atoms with Crippen LogP contribution in [0.2, 0.25) is 0 Å². The molecule has 0 aromatic heterocycles. The molecule has 0 aliphatic carbocycles. The largest absolute Gasteiger partial charge is 0.463 e. The zero-order valence-corrected chi connectivity index (χ0v) is 17.7. The molecule has 1 unspecified atom stereocenters. The molecule has 0 bridgehead atoms. The second kappa shape index (κ2) is 16.0. The van der Waals surface area contributed by atoms with Gasteiger partial charge in [0.25, 0.3) is 0 Å². The zero-order chi connectivity index (χ0) is 22.2. The molecule has 1 aliphatic rings. The first kappa shape index (κ1) is 24.5. The number of aliphatic hydroxyl groups excluding tert-OH is 4. The van der Waals surface area contributed by atoms with Crippen LogP contribution in [0.3, 0.4) is 0 Å². The summed E-state index contributed by atoms with van der Waals surface area (Å²) in [4.78, 5) is 11.8. The van der Waals surface area contributed by atoms with Gasteiger partial charge in [0, 0.05) is 7.79 Å². The fourth-order valence-corrected chi connectivity index (χ4v) is 3.53. The maximum atomic E-state index is 11.8. The van der Waals surface area contributed by atoms with Crippen molar-refractivity contribution in [1.29, 1.82) is 0 Å². The SMILES string of the molecule is [2H]CCCCCCCCCCCCCCCC(=O)OC[C@H]1OC(O)[C@H](O)[C@@H](O)[C@@H]1O. The fraction of sp³-hybridized carbons (Fsp3) is 0.955. The number of aliphatic hydroxyl groups is 4. The summed E-state index contributed by atoms with van der Waals surface area (Å²) >= 11 is 0. The van der Waals surface area contributed by atoms with E-state index in [2.05, 4.69) is 0 Å². The second-order valence-electron chi connectivity index (χ2n) is 8.07. The minimum atomic E-state index is -1.62. The lowest BCUT2D eigenvalue weighted by Gasteiger charge is -2.37. The lowest BCUT2D eigenvalue weighted by atomic mass is 9.99. The summed E-state index contributed by atoms with van der Waals surface area (Å²) in [5.41, 5.74) is 0. The number of hydrogen-bond donors (Lipinski definition) is 4. The van der Waals surface area contributed by atoms with Crippen LogP contribution in [0.1, 0.15) is 98.2 Å². The van der Waals surface area contributed by atoms with E-state index in [0.717, 1.165) is 25.7 Å². The highest BCUT2D eigenvalue weighted by Crippen LogP contribution is 2.20. The molecular formula is C22H42O7. The molecule has 5 atom stereocenters. The lowest BCUT2D eigenvalue weighted by molar-refractivity contribution is -0.287. The van der Waals surface area contributed by atoms with Crippen molar-refractivity contribution >= 4 is 5.97 Å². The highest BCUT2D eigenvalue weighted by molar-refractivity contribution is 5.69. The molecule has 1 fully saturated rings. The van der Waals surface area contributed by atoms with E-state index >= 15 is 0 Å². The number of ether oxygens (including phenoxy) is 2. The number of esters is 1. The van der Waals surface area contributed by atoms with Crippen LogP contribution in [-0.2, 0) is 14.3 Å². The first-order valence-electron chi connectivity index (χ1n) is 12.0. The van der Waals surface area contributed by atoms with Crippen LogP contribution >= 0.6 is 0 Å². The van der Waals surface area contributed by atoms with Crippen molar-refractivity contribution in [2.75, 3.05) is 6.61 Å². The topological polar surface area (TPSA) is 116 Å². The third-order valence-electron chi connectivity index (χ3n) is 5.48. The van der Waals surface area contributed by atoms with Crippen molar-refractivity contribution in [1.82, 2.24) is 0 Å². The van der Waals surface area contributed by atoms with Crippen LogP contribution in [0.4, 0.5) is 0 Å². The van der Waals surface area contributed by atoms with Gasteiger partial charge in [-0.05, 0) is 6.42 Å². The van der Waals surface area contributed by atoms with Crippen LogP contribution < -0.4 is 0 Å². The van der Waals surface area contributed by atoms with Gasteiger partial charge in [-0.15, -0.1) is 0 Å². The predicted molar refractivity (Wildman–Crippen MR) is 110 cm³/mol. The Hall–Kier alpha value is -0.730. The minimum absolute atomic E-state index is 0.273. The van der Waals surface area contributed by atoms with Crippen LogP contribution in [-0.4, -0.2) is 63.7 Å². The summed E-state index contributed by atoms with van der Waals surface area (Å²) in [6, 6.07) is 0. The van der Waals surface area contributed by atoms with E-state index in [0.29, 0.717) is 6.90 Å². The molecular weight excluding hydrogens is 376 g/mol. The quantitative estimate of drug-likeness (QED) is 0.224. The van der Waals surface area contributed by atoms with Gasteiger partial charge in [0.15, 0.2) is 6.29 Å². The van der Waals surface area contributed by atoms with Gasteiger partial charge in [0.05, 0.1) is 0 Å². The first-order valence-corrected chi connectivity index (χ1v) is 11.3. The molecule has 1 saturated heterocycles. The highest BCUT2D eigenvalue weighted by atomic mass is 16.6. The molecule has 0 radical (unpaired) electrons. The first-order chi connectivity index (χ1) is 14.5. The summed E-state index contributed by atoms with van der Waals surface area (Å²) in [5.74, 6) is -0.399. The highest BCUT2D eigenvalue weighted by Gasteiger charge is 2.43. The van der Waals surface area contributed by atoms with Crippen LogP contribution in [0.5, 0.6) is 0 Å². The Labute approximate surface area is 176 Å². The van der Waals surface area contributed by atoms with Crippen LogP contribution in [0.15, 0.2) is 0 Å². The summed E-state index contributed by atoms with van der Waals surface area (Å²) < 4.78 is 17.1.